The number of nitrogens with zero attached hydrogens (tertiary/aromatic N) is 4. The molecule has 1 aliphatic heterocycles. The van der Waals surface area contributed by atoms with Crippen molar-refractivity contribution in [2.24, 2.45) is 5.92 Å². The molecule has 4 rings (SSSR count). The van der Waals surface area contributed by atoms with E-state index < -0.39 is 0 Å². The molecule has 5 heteroatoms. The molecule has 0 aromatic carbocycles. The summed E-state index contributed by atoms with van der Waals surface area (Å²) < 4.78 is 1.97. The van der Waals surface area contributed by atoms with Crippen LogP contribution in [0.4, 0.5) is 0 Å². The van der Waals surface area contributed by atoms with E-state index in [1.54, 1.807) is 0 Å². The maximum Gasteiger partial charge on any atom is 0.153 e. The van der Waals surface area contributed by atoms with Gasteiger partial charge in [0.2, 0.25) is 0 Å². The second-order valence-corrected chi connectivity index (χ2v) is 7.62. The van der Waals surface area contributed by atoms with Gasteiger partial charge < -0.3 is 0 Å². The number of hydrogen-bond acceptors (Lipinski definition) is 4. The lowest BCUT2D eigenvalue weighted by atomic mass is 9.94. The van der Waals surface area contributed by atoms with Gasteiger partial charge in [-0.2, -0.15) is 5.10 Å². The average molecular weight is 338 g/mol. The van der Waals surface area contributed by atoms with Crippen molar-refractivity contribution in [2.75, 3.05) is 13.1 Å². The van der Waals surface area contributed by atoms with Crippen molar-refractivity contribution in [1.82, 2.24) is 19.7 Å². The lowest BCUT2D eigenvalue weighted by molar-refractivity contribution is 0.0927. The summed E-state index contributed by atoms with van der Waals surface area (Å²) in [6.07, 6.45) is 3.04. The van der Waals surface area contributed by atoms with Gasteiger partial charge in [0, 0.05) is 42.0 Å². The van der Waals surface area contributed by atoms with E-state index >= 15 is 0 Å². The largest absolute Gasteiger partial charge is 0.298 e. The molecule has 0 atom stereocenters. The van der Waals surface area contributed by atoms with Crippen molar-refractivity contribution in [2.45, 2.75) is 26.8 Å². The minimum Gasteiger partial charge on any atom is -0.298 e. The molecule has 0 saturated carbocycles. The second kappa shape index (κ2) is 6.49. The van der Waals surface area contributed by atoms with E-state index in [-0.39, 0.29) is 0 Å². The second-order valence-electron chi connectivity index (χ2n) is 6.59. The molecule has 0 N–H and O–H groups in total. The van der Waals surface area contributed by atoms with Gasteiger partial charge in [-0.1, -0.05) is 12.1 Å². The number of hydrogen-bond donors (Lipinski definition) is 0. The van der Waals surface area contributed by atoms with Crippen LogP contribution in [0.1, 0.15) is 21.8 Å². The van der Waals surface area contributed by atoms with Crippen molar-refractivity contribution in [3.8, 4) is 5.82 Å². The zero-order chi connectivity index (χ0) is 16.5. The summed E-state index contributed by atoms with van der Waals surface area (Å²) in [5.74, 6) is 1.69. The molecular weight excluding hydrogens is 316 g/mol. The maximum absolute atomic E-state index is 4.70. The molecule has 24 heavy (non-hydrogen) atoms. The van der Waals surface area contributed by atoms with Crippen LogP contribution in [0.2, 0.25) is 0 Å². The molecule has 0 aliphatic carbocycles. The van der Waals surface area contributed by atoms with Gasteiger partial charge in [0.15, 0.2) is 5.82 Å². The fourth-order valence-electron chi connectivity index (χ4n) is 3.48. The maximum atomic E-state index is 4.70. The Bertz CT molecular complexity index is 802. The molecule has 0 unspecified atom stereocenters. The van der Waals surface area contributed by atoms with Gasteiger partial charge in [-0.3, -0.25) is 4.90 Å². The van der Waals surface area contributed by atoms with E-state index in [1.807, 2.05) is 40.4 Å². The van der Waals surface area contributed by atoms with Crippen LogP contribution in [0.5, 0.6) is 0 Å². The molecule has 3 aromatic heterocycles. The number of aromatic nitrogens is 3. The minimum atomic E-state index is 0.801. The van der Waals surface area contributed by atoms with E-state index in [0.717, 1.165) is 24.0 Å². The van der Waals surface area contributed by atoms with Gasteiger partial charge >= 0.3 is 0 Å². The fraction of sp³-hybridized carbons (Fsp3) is 0.368. The quantitative estimate of drug-likeness (QED) is 0.712. The first-order valence-electron chi connectivity index (χ1n) is 8.42. The summed E-state index contributed by atoms with van der Waals surface area (Å²) in [6.45, 7) is 7.61. The molecule has 3 aromatic rings. The van der Waals surface area contributed by atoms with Gasteiger partial charge in [-0.05, 0) is 49.8 Å². The van der Waals surface area contributed by atoms with Crippen LogP contribution in [0.15, 0.2) is 41.9 Å². The van der Waals surface area contributed by atoms with Crippen LogP contribution in [0, 0.1) is 19.8 Å². The van der Waals surface area contributed by atoms with Gasteiger partial charge in [-0.15, -0.1) is 11.3 Å². The fourth-order valence-corrected chi connectivity index (χ4v) is 4.30. The number of pyridine rings is 1. The van der Waals surface area contributed by atoms with Crippen molar-refractivity contribution >= 4 is 11.3 Å². The van der Waals surface area contributed by atoms with Crippen LogP contribution in [0.25, 0.3) is 5.82 Å². The molecule has 4 nitrogen and oxygen atoms in total. The van der Waals surface area contributed by atoms with Gasteiger partial charge in [0.25, 0.3) is 0 Å². The van der Waals surface area contributed by atoms with Gasteiger partial charge in [-0.25, -0.2) is 9.67 Å². The first-order valence-corrected chi connectivity index (χ1v) is 9.30. The van der Waals surface area contributed by atoms with Crippen LogP contribution < -0.4 is 0 Å². The smallest absolute Gasteiger partial charge is 0.153 e. The Morgan fingerprint density at radius 1 is 1.17 bits per heavy atom. The van der Waals surface area contributed by atoms with Gasteiger partial charge in [0.1, 0.15) is 0 Å². The van der Waals surface area contributed by atoms with Crippen LogP contribution in [0.3, 0.4) is 0 Å². The Kier molecular flexibility index (Phi) is 4.21. The molecule has 0 spiro atoms. The molecule has 124 valence electrons. The molecule has 1 saturated heterocycles. The Balaban J connectivity index is 1.42. The highest BCUT2D eigenvalue weighted by molar-refractivity contribution is 7.09. The predicted octanol–water partition coefficient (Wildman–Crippen LogP) is 3.62. The minimum absolute atomic E-state index is 0.801. The van der Waals surface area contributed by atoms with Gasteiger partial charge in [0.05, 0.1) is 5.69 Å². The first kappa shape index (κ1) is 15.5. The summed E-state index contributed by atoms with van der Waals surface area (Å²) in [4.78, 5) is 8.45. The first-order chi connectivity index (χ1) is 11.7. The molecule has 0 radical (unpaired) electrons. The highest BCUT2D eigenvalue weighted by Crippen LogP contribution is 2.26. The standard InChI is InChI=1S/C19H22N4S/c1-14-18(15(2)23(21-14)19-7-3-4-8-20-19)13-22-11-16(12-22)10-17-6-5-9-24-17/h3-9,16H,10-13H2,1-2H3. The Morgan fingerprint density at radius 2 is 2.04 bits per heavy atom. The summed E-state index contributed by atoms with van der Waals surface area (Å²) in [6, 6.07) is 10.3. The number of likely N-dealkylation sites (tertiary alicyclic amines) is 1. The number of aryl methyl sites for hydroxylation is 1. The normalized spacial score (nSPS) is 15.6. The summed E-state index contributed by atoms with van der Waals surface area (Å²) in [5, 5.41) is 6.87. The third kappa shape index (κ3) is 3.01. The zero-order valence-electron chi connectivity index (χ0n) is 14.1. The van der Waals surface area contributed by atoms with E-state index in [9.17, 15) is 0 Å². The third-order valence-corrected chi connectivity index (χ3v) is 5.69. The molecule has 1 fully saturated rings. The Hall–Kier alpha value is -1.98. The van der Waals surface area contributed by atoms with Crippen molar-refractivity contribution < 1.29 is 0 Å². The van der Waals surface area contributed by atoms with E-state index in [0.29, 0.717) is 0 Å². The molecular formula is C19H22N4S. The highest BCUT2D eigenvalue weighted by atomic mass is 32.1. The monoisotopic (exact) mass is 338 g/mol. The molecule has 4 heterocycles. The van der Waals surface area contributed by atoms with E-state index in [1.165, 1.54) is 35.6 Å². The summed E-state index contributed by atoms with van der Waals surface area (Å²) >= 11 is 1.87. The Labute approximate surface area is 146 Å². The number of rotatable bonds is 5. The summed E-state index contributed by atoms with van der Waals surface area (Å²) in [5.41, 5.74) is 3.66. The molecule has 0 amide bonds. The average Bonchev–Trinajstić information content (AvgIpc) is 3.16. The lowest BCUT2D eigenvalue weighted by Gasteiger charge is -2.39. The zero-order valence-corrected chi connectivity index (χ0v) is 15.0. The van der Waals surface area contributed by atoms with Crippen LogP contribution in [-0.2, 0) is 13.0 Å². The van der Waals surface area contributed by atoms with Crippen molar-refractivity contribution in [3.63, 3.8) is 0 Å². The van der Waals surface area contributed by atoms with Crippen LogP contribution >= 0.6 is 11.3 Å². The Morgan fingerprint density at radius 3 is 2.75 bits per heavy atom. The lowest BCUT2D eigenvalue weighted by Crippen LogP contribution is -2.46. The van der Waals surface area contributed by atoms with E-state index in [2.05, 4.69) is 41.2 Å². The number of thiophene rings is 1. The highest BCUT2D eigenvalue weighted by Gasteiger charge is 2.28. The van der Waals surface area contributed by atoms with E-state index in [4.69, 9.17) is 5.10 Å². The topological polar surface area (TPSA) is 34.0 Å². The third-order valence-electron chi connectivity index (χ3n) is 4.79. The summed E-state index contributed by atoms with van der Waals surface area (Å²) in [7, 11) is 0. The molecule has 1 aliphatic rings. The molecule has 0 bridgehead atoms. The van der Waals surface area contributed by atoms with Crippen molar-refractivity contribution in [1.29, 1.82) is 0 Å². The van der Waals surface area contributed by atoms with Crippen LogP contribution in [-0.4, -0.2) is 32.8 Å². The van der Waals surface area contributed by atoms with Crippen molar-refractivity contribution in [3.05, 3.63) is 63.7 Å². The SMILES string of the molecule is Cc1nn(-c2ccccn2)c(C)c1CN1CC(Cc2cccs2)C1. The predicted molar refractivity (Wildman–Crippen MR) is 97.6 cm³/mol.